The van der Waals surface area contributed by atoms with E-state index in [9.17, 15) is 9.90 Å². The van der Waals surface area contributed by atoms with Crippen LogP contribution in [0.25, 0.3) is 5.65 Å². The second kappa shape index (κ2) is 3.11. The van der Waals surface area contributed by atoms with Crippen molar-refractivity contribution < 1.29 is 5.11 Å². The topological polar surface area (TPSA) is 86.5 Å². The van der Waals surface area contributed by atoms with E-state index in [1.807, 2.05) is 4.90 Å². The van der Waals surface area contributed by atoms with Crippen LogP contribution in [-0.4, -0.2) is 43.4 Å². The molecule has 1 aliphatic heterocycles. The fourth-order valence-electron chi connectivity index (χ4n) is 2.63. The van der Waals surface area contributed by atoms with Gasteiger partial charge in [0.2, 0.25) is 0 Å². The van der Waals surface area contributed by atoms with E-state index in [4.69, 9.17) is 0 Å². The zero-order chi connectivity index (χ0) is 12.3. The number of anilines is 1. The second-order valence-corrected chi connectivity index (χ2v) is 5.24. The molecule has 2 fully saturated rings. The van der Waals surface area contributed by atoms with Gasteiger partial charge < -0.3 is 10.0 Å². The molecule has 1 saturated carbocycles. The Labute approximate surface area is 102 Å². The number of nitrogens with one attached hydrogen (secondary N) is 1. The van der Waals surface area contributed by atoms with Crippen molar-refractivity contribution in [2.45, 2.75) is 18.4 Å². The summed E-state index contributed by atoms with van der Waals surface area (Å²) in [5.74, 6) is 1.22. The van der Waals surface area contributed by atoms with Crippen LogP contribution in [0.2, 0.25) is 0 Å². The Balaban J connectivity index is 1.62. The van der Waals surface area contributed by atoms with E-state index in [-0.39, 0.29) is 5.69 Å². The highest BCUT2D eigenvalue weighted by Gasteiger charge is 2.52. The van der Waals surface area contributed by atoms with Gasteiger partial charge in [-0.1, -0.05) is 0 Å². The van der Waals surface area contributed by atoms with E-state index in [1.54, 1.807) is 6.07 Å². The molecule has 7 heteroatoms. The fourth-order valence-corrected chi connectivity index (χ4v) is 2.63. The molecule has 4 rings (SSSR count). The van der Waals surface area contributed by atoms with Gasteiger partial charge in [0.15, 0.2) is 5.65 Å². The minimum atomic E-state index is -0.529. The minimum absolute atomic E-state index is 0.290. The summed E-state index contributed by atoms with van der Waals surface area (Å²) in [6, 6.07) is 1.75. The largest absolute Gasteiger partial charge is 0.386 e. The monoisotopic (exact) mass is 247 g/mol. The maximum Gasteiger partial charge on any atom is 0.348 e. The number of hydrogen-bond donors (Lipinski definition) is 2. The van der Waals surface area contributed by atoms with Crippen LogP contribution < -0.4 is 10.6 Å². The van der Waals surface area contributed by atoms with E-state index in [0.717, 1.165) is 18.7 Å². The summed E-state index contributed by atoms with van der Waals surface area (Å²) in [6.45, 7) is 1.24. The van der Waals surface area contributed by atoms with Crippen LogP contribution in [0.5, 0.6) is 0 Å². The summed E-state index contributed by atoms with van der Waals surface area (Å²) in [5, 5.41) is 16.5. The smallest absolute Gasteiger partial charge is 0.348 e. The molecule has 2 N–H and O–H groups in total. The van der Waals surface area contributed by atoms with Crippen LogP contribution in [0.3, 0.4) is 0 Å². The van der Waals surface area contributed by atoms with Crippen LogP contribution in [0.4, 0.5) is 5.82 Å². The Morgan fingerprint density at radius 2 is 2.22 bits per heavy atom. The number of rotatable bonds is 2. The predicted octanol–water partition coefficient (Wildman–Crippen LogP) is -0.621. The lowest BCUT2D eigenvalue weighted by molar-refractivity contribution is -0.00974. The molecule has 18 heavy (non-hydrogen) atoms. The van der Waals surface area contributed by atoms with Gasteiger partial charge in [0.25, 0.3) is 0 Å². The van der Waals surface area contributed by atoms with E-state index >= 15 is 0 Å². The van der Waals surface area contributed by atoms with Crippen LogP contribution >= 0.6 is 0 Å². The molecule has 1 aliphatic carbocycles. The molecule has 3 heterocycles. The molecular formula is C11H13N5O2. The summed E-state index contributed by atoms with van der Waals surface area (Å²) in [7, 11) is 0. The van der Waals surface area contributed by atoms with Crippen molar-refractivity contribution in [1.82, 2.24) is 19.6 Å². The third-order valence-corrected chi connectivity index (χ3v) is 3.89. The standard InChI is InChI=1S/C11H13N5O2/c17-10-14-13-9-3-8(12-6-16(9)10)15-4-11(18,5-15)7-1-2-7/h3,6-7,18H,1-2,4-5H2,(H,14,17). The van der Waals surface area contributed by atoms with Crippen molar-refractivity contribution in [2.75, 3.05) is 18.0 Å². The fraction of sp³-hybridized carbons (Fsp3) is 0.545. The Hall–Kier alpha value is -1.89. The Kier molecular flexibility index (Phi) is 1.74. The lowest BCUT2D eigenvalue weighted by Gasteiger charge is -2.47. The van der Waals surface area contributed by atoms with Crippen LogP contribution in [0.15, 0.2) is 17.2 Å². The molecule has 0 amide bonds. The normalized spacial score (nSPS) is 22.2. The highest BCUT2D eigenvalue weighted by molar-refractivity contribution is 5.53. The highest BCUT2D eigenvalue weighted by Crippen LogP contribution is 2.45. The predicted molar refractivity (Wildman–Crippen MR) is 63.5 cm³/mol. The van der Waals surface area contributed by atoms with Gasteiger partial charge in [-0.15, -0.1) is 0 Å². The summed E-state index contributed by atoms with van der Waals surface area (Å²) in [5.41, 5.74) is -0.270. The van der Waals surface area contributed by atoms with Crippen molar-refractivity contribution >= 4 is 11.5 Å². The number of hydrogen-bond acceptors (Lipinski definition) is 5. The molecule has 0 bridgehead atoms. The Morgan fingerprint density at radius 1 is 1.44 bits per heavy atom. The number of nitrogens with zero attached hydrogens (tertiary/aromatic N) is 4. The number of H-pyrrole nitrogens is 1. The van der Waals surface area contributed by atoms with Crippen molar-refractivity contribution in [2.24, 2.45) is 5.92 Å². The first-order valence-electron chi connectivity index (χ1n) is 6.06. The molecule has 2 aromatic heterocycles. The summed E-state index contributed by atoms with van der Waals surface area (Å²) >= 11 is 0. The molecule has 2 aliphatic rings. The number of aromatic amines is 1. The van der Waals surface area contributed by atoms with Gasteiger partial charge in [-0.2, -0.15) is 5.10 Å². The van der Waals surface area contributed by atoms with Gasteiger partial charge in [-0.05, 0) is 18.8 Å². The SMILES string of the molecule is O=c1[nH]nc2cc(N3CC(O)(C4CC4)C3)ncn12. The van der Waals surface area contributed by atoms with Gasteiger partial charge in [-0.25, -0.2) is 19.3 Å². The van der Waals surface area contributed by atoms with Gasteiger partial charge >= 0.3 is 5.69 Å². The first-order valence-corrected chi connectivity index (χ1v) is 6.06. The maximum atomic E-state index is 11.3. The molecule has 0 atom stereocenters. The van der Waals surface area contributed by atoms with Crippen LogP contribution in [0.1, 0.15) is 12.8 Å². The lowest BCUT2D eigenvalue weighted by Crippen LogP contribution is -2.63. The number of fused-ring (bicyclic) bond motifs is 1. The number of aliphatic hydroxyl groups is 1. The number of aromatic nitrogens is 4. The van der Waals surface area contributed by atoms with Crippen molar-refractivity contribution in [3.8, 4) is 0 Å². The third kappa shape index (κ3) is 1.30. The molecule has 0 aromatic carbocycles. The number of β-amino-alcohol motifs (C(OH)–C–C–N with tert-alkyl or cyclic N) is 1. The average molecular weight is 247 g/mol. The zero-order valence-corrected chi connectivity index (χ0v) is 9.70. The molecule has 94 valence electrons. The first kappa shape index (κ1) is 10.1. The summed E-state index contributed by atoms with van der Waals surface area (Å²) in [4.78, 5) is 17.5. The maximum absolute atomic E-state index is 11.3. The molecule has 7 nitrogen and oxygen atoms in total. The minimum Gasteiger partial charge on any atom is -0.386 e. The first-order chi connectivity index (χ1) is 8.66. The molecule has 0 radical (unpaired) electrons. The van der Waals surface area contributed by atoms with E-state index in [1.165, 1.54) is 10.7 Å². The van der Waals surface area contributed by atoms with E-state index in [2.05, 4.69) is 15.2 Å². The van der Waals surface area contributed by atoms with Crippen LogP contribution in [0, 0.1) is 5.92 Å². The zero-order valence-electron chi connectivity index (χ0n) is 9.70. The molecule has 0 spiro atoms. The van der Waals surface area contributed by atoms with Gasteiger partial charge in [0.1, 0.15) is 17.7 Å². The van der Waals surface area contributed by atoms with Crippen molar-refractivity contribution in [3.63, 3.8) is 0 Å². The summed E-state index contributed by atoms with van der Waals surface area (Å²) < 4.78 is 1.36. The van der Waals surface area contributed by atoms with E-state index in [0.29, 0.717) is 24.7 Å². The van der Waals surface area contributed by atoms with Crippen molar-refractivity contribution in [3.05, 3.63) is 22.9 Å². The van der Waals surface area contributed by atoms with Gasteiger partial charge in [0.05, 0.1) is 13.1 Å². The van der Waals surface area contributed by atoms with Crippen molar-refractivity contribution in [1.29, 1.82) is 0 Å². The average Bonchev–Trinajstić information content (AvgIpc) is 3.11. The summed E-state index contributed by atoms with van der Waals surface area (Å²) in [6.07, 6.45) is 3.72. The van der Waals surface area contributed by atoms with Gasteiger partial charge in [0, 0.05) is 6.07 Å². The lowest BCUT2D eigenvalue weighted by atomic mass is 9.89. The van der Waals surface area contributed by atoms with Gasteiger partial charge in [-0.3, -0.25) is 0 Å². The Bertz CT molecular complexity index is 665. The highest BCUT2D eigenvalue weighted by atomic mass is 16.3. The molecule has 1 saturated heterocycles. The molecular weight excluding hydrogens is 234 g/mol. The second-order valence-electron chi connectivity index (χ2n) is 5.24. The quantitative estimate of drug-likeness (QED) is 0.738. The molecule has 2 aromatic rings. The van der Waals surface area contributed by atoms with E-state index < -0.39 is 5.60 Å². The Morgan fingerprint density at radius 3 is 2.94 bits per heavy atom. The van der Waals surface area contributed by atoms with Crippen LogP contribution in [-0.2, 0) is 0 Å². The third-order valence-electron chi connectivity index (χ3n) is 3.89. The molecule has 0 unspecified atom stereocenters.